The summed E-state index contributed by atoms with van der Waals surface area (Å²) >= 11 is 0. The first-order chi connectivity index (χ1) is 23.0. The Balaban J connectivity index is 3.94. The second-order valence-corrected chi connectivity index (χ2v) is 13.3. The molecular weight excluding hydrogens is 586 g/mol. The first-order valence-corrected chi connectivity index (χ1v) is 19.5. The third-order valence-corrected chi connectivity index (χ3v) is 8.75. The molecule has 47 heavy (non-hydrogen) atoms. The Labute approximate surface area is 289 Å². The Hall–Kier alpha value is -1.73. The van der Waals surface area contributed by atoms with Crippen molar-refractivity contribution in [2.45, 2.75) is 199 Å². The van der Waals surface area contributed by atoms with Crippen LogP contribution < -0.4 is 5.32 Å². The van der Waals surface area contributed by atoms with Gasteiger partial charge in [0.1, 0.15) is 12.2 Å². The molecule has 274 valence electrons. The van der Waals surface area contributed by atoms with Gasteiger partial charge in [0.15, 0.2) is 0 Å². The standard InChI is InChI=1S/C41H75NO5/c1-3-5-7-9-11-13-15-17-18-19-20-21-22-23-25-26-28-30-32-34-38(44)40(46)37(36-43)42-41(47)39(45)35-33-31-29-27-24-16-14-12-10-8-6-4-2/h21-22,24,26-28,31,33,37-40,43-46H,3-20,23,25,29-30,32,34-36H2,1-2H3,(H,42,47)/b22-21+,27-24-,28-26+,33-31-. The van der Waals surface area contributed by atoms with Gasteiger partial charge < -0.3 is 25.7 Å². The van der Waals surface area contributed by atoms with Crippen LogP contribution in [-0.4, -0.2) is 57.3 Å². The largest absolute Gasteiger partial charge is 0.394 e. The van der Waals surface area contributed by atoms with Crippen molar-refractivity contribution in [2.75, 3.05) is 6.61 Å². The van der Waals surface area contributed by atoms with Gasteiger partial charge in [-0.1, -0.05) is 152 Å². The SMILES string of the molecule is CCCCCCCC/C=C\C/C=C\CC(O)C(=O)NC(CO)C(O)C(O)CCC/C=C/CC/C=C/CCCCCCCCCCCC. The molecule has 0 heterocycles. The maximum atomic E-state index is 12.4. The summed E-state index contributed by atoms with van der Waals surface area (Å²) in [6.07, 6.45) is 41.6. The van der Waals surface area contributed by atoms with Gasteiger partial charge in [-0.25, -0.2) is 0 Å². The Morgan fingerprint density at radius 1 is 0.553 bits per heavy atom. The molecule has 0 radical (unpaired) electrons. The maximum Gasteiger partial charge on any atom is 0.249 e. The lowest BCUT2D eigenvalue weighted by Crippen LogP contribution is -2.52. The molecule has 1 amide bonds. The van der Waals surface area contributed by atoms with E-state index in [-0.39, 0.29) is 6.42 Å². The molecule has 5 N–H and O–H groups in total. The highest BCUT2D eigenvalue weighted by molar-refractivity contribution is 5.81. The van der Waals surface area contributed by atoms with E-state index in [0.29, 0.717) is 12.8 Å². The minimum atomic E-state index is -1.31. The van der Waals surface area contributed by atoms with Crippen molar-refractivity contribution in [3.8, 4) is 0 Å². The van der Waals surface area contributed by atoms with Gasteiger partial charge in [-0.3, -0.25) is 4.79 Å². The van der Waals surface area contributed by atoms with E-state index in [0.717, 1.165) is 32.1 Å². The molecule has 4 unspecified atom stereocenters. The van der Waals surface area contributed by atoms with Crippen molar-refractivity contribution >= 4 is 5.91 Å². The summed E-state index contributed by atoms with van der Waals surface area (Å²) in [6, 6.07) is -1.04. The number of aliphatic hydroxyl groups is 4. The number of nitrogens with one attached hydrogen (secondary N) is 1. The Kier molecular flexibility index (Phi) is 34.3. The molecule has 0 aromatic heterocycles. The number of unbranched alkanes of at least 4 members (excludes halogenated alkanes) is 18. The molecule has 0 aliphatic rings. The van der Waals surface area contributed by atoms with Crippen LogP contribution in [0.15, 0.2) is 48.6 Å². The summed E-state index contributed by atoms with van der Waals surface area (Å²) in [5, 5.41) is 43.3. The molecule has 6 heteroatoms. The molecular formula is C41H75NO5. The summed E-state index contributed by atoms with van der Waals surface area (Å²) in [4.78, 5) is 12.4. The average Bonchev–Trinajstić information content (AvgIpc) is 3.07. The zero-order valence-corrected chi connectivity index (χ0v) is 30.5. The van der Waals surface area contributed by atoms with Crippen LogP contribution in [0, 0.1) is 0 Å². The van der Waals surface area contributed by atoms with Crippen LogP contribution in [0.2, 0.25) is 0 Å². The highest BCUT2D eigenvalue weighted by Gasteiger charge is 2.28. The van der Waals surface area contributed by atoms with Crippen molar-refractivity contribution in [3.63, 3.8) is 0 Å². The summed E-state index contributed by atoms with van der Waals surface area (Å²) < 4.78 is 0. The van der Waals surface area contributed by atoms with Crippen LogP contribution in [-0.2, 0) is 4.79 Å². The Morgan fingerprint density at radius 2 is 0.979 bits per heavy atom. The third-order valence-electron chi connectivity index (χ3n) is 8.75. The smallest absolute Gasteiger partial charge is 0.249 e. The van der Waals surface area contributed by atoms with Crippen molar-refractivity contribution in [1.82, 2.24) is 5.32 Å². The van der Waals surface area contributed by atoms with E-state index in [2.05, 4.69) is 55.6 Å². The molecule has 0 aromatic carbocycles. The summed E-state index contributed by atoms with van der Waals surface area (Å²) in [7, 11) is 0. The summed E-state index contributed by atoms with van der Waals surface area (Å²) in [5.74, 6) is -0.668. The number of allylic oxidation sites excluding steroid dienone is 7. The van der Waals surface area contributed by atoms with E-state index in [9.17, 15) is 25.2 Å². The van der Waals surface area contributed by atoms with Crippen LogP contribution in [0.4, 0.5) is 0 Å². The normalized spacial score (nSPS) is 14.9. The van der Waals surface area contributed by atoms with Gasteiger partial charge in [0.25, 0.3) is 0 Å². The first-order valence-electron chi connectivity index (χ1n) is 19.5. The fourth-order valence-electron chi connectivity index (χ4n) is 5.58. The van der Waals surface area contributed by atoms with Crippen LogP contribution in [0.1, 0.15) is 174 Å². The molecule has 0 rings (SSSR count). The lowest BCUT2D eigenvalue weighted by molar-refractivity contribution is -0.132. The number of carbonyl (C=O) groups excluding carboxylic acids is 1. The second kappa shape index (κ2) is 35.6. The van der Waals surface area contributed by atoms with E-state index in [1.54, 1.807) is 6.08 Å². The van der Waals surface area contributed by atoms with E-state index < -0.39 is 36.9 Å². The maximum absolute atomic E-state index is 12.4. The Morgan fingerprint density at radius 3 is 1.49 bits per heavy atom. The van der Waals surface area contributed by atoms with E-state index >= 15 is 0 Å². The van der Waals surface area contributed by atoms with Crippen molar-refractivity contribution in [1.29, 1.82) is 0 Å². The molecule has 0 saturated heterocycles. The third kappa shape index (κ3) is 30.1. The van der Waals surface area contributed by atoms with E-state index in [1.165, 1.54) is 109 Å². The lowest BCUT2D eigenvalue weighted by Gasteiger charge is -2.27. The zero-order valence-electron chi connectivity index (χ0n) is 30.5. The molecule has 0 bridgehead atoms. The van der Waals surface area contributed by atoms with Gasteiger partial charge in [0, 0.05) is 6.42 Å². The van der Waals surface area contributed by atoms with E-state index in [1.807, 2.05) is 6.08 Å². The second-order valence-electron chi connectivity index (χ2n) is 13.3. The fraction of sp³-hybridized carbons (Fsp3) is 0.780. The van der Waals surface area contributed by atoms with Crippen LogP contribution in [0.3, 0.4) is 0 Å². The highest BCUT2D eigenvalue weighted by Crippen LogP contribution is 2.13. The molecule has 6 nitrogen and oxygen atoms in total. The number of aliphatic hydroxyl groups excluding tert-OH is 4. The van der Waals surface area contributed by atoms with Crippen molar-refractivity contribution < 1.29 is 25.2 Å². The van der Waals surface area contributed by atoms with Gasteiger partial charge in [0.05, 0.1) is 18.8 Å². The summed E-state index contributed by atoms with van der Waals surface area (Å²) in [6.45, 7) is 3.97. The molecule has 0 spiro atoms. The summed E-state index contributed by atoms with van der Waals surface area (Å²) in [5.41, 5.74) is 0. The fourth-order valence-corrected chi connectivity index (χ4v) is 5.58. The van der Waals surface area contributed by atoms with Gasteiger partial charge in [0.2, 0.25) is 5.91 Å². The monoisotopic (exact) mass is 662 g/mol. The van der Waals surface area contributed by atoms with Crippen LogP contribution in [0.25, 0.3) is 0 Å². The number of amides is 1. The molecule has 0 fully saturated rings. The van der Waals surface area contributed by atoms with Gasteiger partial charge >= 0.3 is 0 Å². The lowest BCUT2D eigenvalue weighted by atomic mass is 10.0. The molecule has 4 atom stereocenters. The van der Waals surface area contributed by atoms with Crippen molar-refractivity contribution in [3.05, 3.63) is 48.6 Å². The predicted octanol–water partition coefficient (Wildman–Crippen LogP) is 9.56. The zero-order chi connectivity index (χ0) is 34.6. The Bertz CT molecular complexity index is 793. The van der Waals surface area contributed by atoms with Gasteiger partial charge in [-0.2, -0.15) is 0 Å². The predicted molar refractivity (Wildman–Crippen MR) is 200 cm³/mol. The quantitative estimate of drug-likeness (QED) is 0.0349. The van der Waals surface area contributed by atoms with Gasteiger partial charge in [-0.05, 0) is 64.2 Å². The minimum absolute atomic E-state index is 0.148. The van der Waals surface area contributed by atoms with Crippen LogP contribution >= 0.6 is 0 Å². The number of hydrogen-bond acceptors (Lipinski definition) is 5. The average molecular weight is 662 g/mol. The highest BCUT2D eigenvalue weighted by atomic mass is 16.3. The number of hydrogen-bond donors (Lipinski definition) is 5. The molecule has 0 saturated carbocycles. The topological polar surface area (TPSA) is 110 Å². The first kappa shape index (κ1) is 45.3. The molecule has 0 aliphatic heterocycles. The minimum Gasteiger partial charge on any atom is -0.394 e. The molecule has 0 aromatic rings. The van der Waals surface area contributed by atoms with Gasteiger partial charge in [-0.15, -0.1) is 0 Å². The molecule has 0 aliphatic carbocycles. The van der Waals surface area contributed by atoms with Crippen LogP contribution in [0.5, 0.6) is 0 Å². The van der Waals surface area contributed by atoms with Crippen molar-refractivity contribution in [2.24, 2.45) is 0 Å². The number of carbonyl (C=O) groups is 1. The number of rotatable bonds is 34. The van der Waals surface area contributed by atoms with E-state index in [4.69, 9.17) is 0 Å².